The fraction of sp³-hybridized carbons (Fsp3) is 0.583. The molecule has 0 aliphatic carbocycles. The van der Waals surface area contributed by atoms with Gasteiger partial charge in [0.25, 0.3) is 0 Å². The minimum atomic E-state index is -4.39. The topological polar surface area (TPSA) is 48.0 Å². The molecule has 0 bridgehead atoms. The van der Waals surface area contributed by atoms with Crippen molar-refractivity contribution in [3.63, 3.8) is 0 Å². The number of hydrogen-bond acceptors (Lipinski definition) is 3. The number of pyridine rings is 1. The van der Waals surface area contributed by atoms with E-state index in [4.69, 9.17) is 0 Å². The van der Waals surface area contributed by atoms with Crippen molar-refractivity contribution in [2.24, 2.45) is 0 Å². The van der Waals surface area contributed by atoms with Crippen LogP contribution in [-0.2, 0) is 17.5 Å². The lowest BCUT2D eigenvalue weighted by Crippen LogP contribution is -2.40. The summed E-state index contributed by atoms with van der Waals surface area (Å²) in [6.07, 6.45) is -3.61. The number of hydrogen-bond donors (Lipinski definition) is 1. The Balaban J connectivity index is 2.76. The highest BCUT2D eigenvalue weighted by molar-refractivity contribution is 7.90. The van der Waals surface area contributed by atoms with Gasteiger partial charge >= 0.3 is 6.18 Å². The summed E-state index contributed by atoms with van der Waals surface area (Å²) in [5, 5.41) is 0. The van der Waals surface area contributed by atoms with Gasteiger partial charge in [-0.2, -0.15) is 13.2 Å². The Morgan fingerprint density at radius 2 is 1.84 bits per heavy atom. The summed E-state index contributed by atoms with van der Waals surface area (Å²) < 4.78 is 51.4. The van der Waals surface area contributed by atoms with Crippen LogP contribution < -0.4 is 4.72 Å². The van der Waals surface area contributed by atoms with Gasteiger partial charge in [-0.1, -0.05) is 0 Å². The maximum Gasteiger partial charge on any atom is 0.417 e. The van der Waals surface area contributed by atoms with Gasteiger partial charge in [-0.3, -0.25) is 4.98 Å². The van der Waals surface area contributed by atoms with Crippen molar-refractivity contribution in [1.82, 2.24) is 9.71 Å². The van der Waals surface area contributed by atoms with Crippen molar-refractivity contribution < 1.29 is 17.7 Å². The fourth-order valence-corrected chi connectivity index (χ4v) is 2.02. The molecule has 0 radical (unpaired) electrons. The molecule has 108 valence electrons. The lowest BCUT2D eigenvalue weighted by molar-refractivity contribution is -0.137. The Labute approximate surface area is 113 Å². The first kappa shape index (κ1) is 16.3. The first-order valence-corrected chi connectivity index (χ1v) is 6.88. The number of nitrogens with zero attached hydrogens (tertiary/aromatic N) is 1. The predicted molar refractivity (Wildman–Crippen MR) is 68.7 cm³/mol. The summed E-state index contributed by atoms with van der Waals surface area (Å²) in [4.78, 5) is 3.76. The van der Waals surface area contributed by atoms with E-state index in [1.807, 2.05) is 20.8 Å². The Morgan fingerprint density at radius 1 is 1.26 bits per heavy atom. The van der Waals surface area contributed by atoms with Gasteiger partial charge in [0.1, 0.15) is 4.75 Å². The van der Waals surface area contributed by atoms with Crippen LogP contribution in [0.1, 0.15) is 45.0 Å². The largest absolute Gasteiger partial charge is 0.598 e. The summed E-state index contributed by atoms with van der Waals surface area (Å²) in [6.45, 7) is 7.13. The van der Waals surface area contributed by atoms with Crippen molar-refractivity contribution in [2.45, 2.75) is 44.7 Å². The highest BCUT2D eigenvalue weighted by Gasteiger charge is 2.32. The third-order valence-corrected chi connectivity index (χ3v) is 4.08. The molecule has 0 saturated heterocycles. The van der Waals surface area contributed by atoms with Gasteiger partial charge in [0.15, 0.2) is 0 Å². The van der Waals surface area contributed by atoms with E-state index in [1.54, 1.807) is 6.92 Å². The van der Waals surface area contributed by atoms with Crippen LogP contribution in [-0.4, -0.2) is 14.3 Å². The van der Waals surface area contributed by atoms with Crippen molar-refractivity contribution in [3.8, 4) is 0 Å². The van der Waals surface area contributed by atoms with Crippen molar-refractivity contribution >= 4 is 11.4 Å². The normalized spacial score (nSPS) is 16.2. The molecule has 19 heavy (non-hydrogen) atoms. The smallest absolute Gasteiger partial charge is 0.417 e. The number of halogens is 3. The van der Waals surface area contributed by atoms with E-state index in [1.165, 1.54) is 6.07 Å². The zero-order chi connectivity index (χ0) is 14.8. The summed E-state index contributed by atoms with van der Waals surface area (Å²) in [5.41, 5.74) is -0.369. The van der Waals surface area contributed by atoms with Crippen LogP contribution in [0.3, 0.4) is 0 Å². The molecule has 2 unspecified atom stereocenters. The van der Waals surface area contributed by atoms with Crippen LogP contribution in [0.4, 0.5) is 13.2 Å². The van der Waals surface area contributed by atoms with Crippen LogP contribution in [0, 0.1) is 0 Å². The summed E-state index contributed by atoms with van der Waals surface area (Å²) in [7, 11) is 0. The third-order valence-electron chi connectivity index (χ3n) is 2.40. The lowest BCUT2D eigenvalue weighted by Gasteiger charge is -2.26. The third kappa shape index (κ3) is 4.67. The van der Waals surface area contributed by atoms with Crippen molar-refractivity contribution in [2.75, 3.05) is 0 Å². The minimum Gasteiger partial charge on any atom is -0.598 e. The first-order valence-electron chi connectivity index (χ1n) is 5.73. The SMILES string of the molecule is CC(N[S+]([O-])C(C)(C)C)c1ccc(C(F)(F)F)cn1. The number of aromatic nitrogens is 1. The Morgan fingerprint density at radius 3 is 2.21 bits per heavy atom. The standard InChI is InChI=1S/C12H17F3N2OS/c1-8(17-19(18)11(2,3)4)10-6-5-9(7-16-10)12(13,14)15/h5-8,17H,1-4H3. The van der Waals surface area contributed by atoms with E-state index >= 15 is 0 Å². The molecule has 1 aromatic rings. The molecule has 0 aliphatic rings. The summed E-state index contributed by atoms with van der Waals surface area (Å²) in [6, 6.07) is 1.88. The van der Waals surface area contributed by atoms with E-state index in [0.29, 0.717) is 5.69 Å². The highest BCUT2D eigenvalue weighted by atomic mass is 32.2. The Kier molecular flexibility index (Phi) is 4.86. The molecule has 1 aromatic heterocycles. The van der Waals surface area contributed by atoms with Gasteiger partial charge in [0, 0.05) is 17.6 Å². The quantitative estimate of drug-likeness (QED) is 0.871. The number of nitrogens with one attached hydrogen (secondary N) is 1. The lowest BCUT2D eigenvalue weighted by atomic mass is 10.2. The molecular weight excluding hydrogens is 277 g/mol. The second kappa shape index (κ2) is 5.68. The Bertz CT molecular complexity index is 414. The maximum absolute atomic E-state index is 12.4. The van der Waals surface area contributed by atoms with Gasteiger partial charge < -0.3 is 4.55 Å². The average molecular weight is 294 g/mol. The van der Waals surface area contributed by atoms with E-state index in [-0.39, 0.29) is 6.04 Å². The average Bonchev–Trinajstić information content (AvgIpc) is 2.26. The zero-order valence-electron chi connectivity index (χ0n) is 11.2. The number of alkyl halides is 3. The molecule has 0 spiro atoms. The molecule has 3 nitrogen and oxygen atoms in total. The molecule has 0 saturated carbocycles. The Hall–Kier alpha value is -0.790. The van der Waals surface area contributed by atoms with Crippen molar-refractivity contribution in [3.05, 3.63) is 29.6 Å². The van der Waals surface area contributed by atoms with Crippen molar-refractivity contribution in [1.29, 1.82) is 0 Å². The maximum atomic E-state index is 12.4. The van der Waals surface area contributed by atoms with Crippen LogP contribution in [0.25, 0.3) is 0 Å². The van der Waals surface area contributed by atoms with Gasteiger partial charge in [-0.15, -0.1) is 4.72 Å². The second-order valence-electron chi connectivity index (χ2n) is 5.19. The summed E-state index contributed by atoms with van der Waals surface area (Å²) >= 11 is -1.30. The van der Waals surface area contributed by atoms with Crippen LogP contribution >= 0.6 is 0 Å². The van der Waals surface area contributed by atoms with Crippen LogP contribution in [0.2, 0.25) is 0 Å². The van der Waals surface area contributed by atoms with Crippen LogP contribution in [0.5, 0.6) is 0 Å². The van der Waals surface area contributed by atoms with Gasteiger partial charge in [-0.25, -0.2) is 0 Å². The molecule has 2 atom stereocenters. The van der Waals surface area contributed by atoms with E-state index in [2.05, 4.69) is 9.71 Å². The highest BCUT2D eigenvalue weighted by Crippen LogP contribution is 2.29. The van der Waals surface area contributed by atoms with E-state index < -0.39 is 27.8 Å². The van der Waals surface area contributed by atoms with E-state index in [9.17, 15) is 17.7 Å². The molecule has 0 aromatic carbocycles. The van der Waals surface area contributed by atoms with E-state index in [0.717, 1.165) is 12.3 Å². The molecule has 1 rings (SSSR count). The second-order valence-corrected chi connectivity index (χ2v) is 7.19. The number of rotatable bonds is 3. The molecule has 0 amide bonds. The fourth-order valence-electron chi connectivity index (χ4n) is 1.23. The molecule has 1 N–H and O–H groups in total. The molecule has 0 fully saturated rings. The van der Waals surface area contributed by atoms with Gasteiger partial charge in [0.05, 0.1) is 17.3 Å². The monoisotopic (exact) mass is 294 g/mol. The van der Waals surface area contributed by atoms with Crippen LogP contribution in [0.15, 0.2) is 18.3 Å². The summed E-state index contributed by atoms with van der Waals surface area (Å²) in [5.74, 6) is 0. The molecule has 7 heteroatoms. The molecule has 0 aliphatic heterocycles. The van der Waals surface area contributed by atoms with Gasteiger partial charge in [0.2, 0.25) is 0 Å². The molecule has 1 heterocycles. The molecular formula is C12H17F3N2OS. The zero-order valence-corrected chi connectivity index (χ0v) is 12.0. The first-order chi connectivity index (χ1) is 8.51. The minimum absolute atomic E-state index is 0.387. The van der Waals surface area contributed by atoms with Gasteiger partial charge in [-0.05, 0) is 39.8 Å². The predicted octanol–water partition coefficient (Wildman–Crippen LogP) is 3.21.